The summed E-state index contributed by atoms with van der Waals surface area (Å²) in [5, 5.41) is 5.12. The topological polar surface area (TPSA) is 55.9 Å². The van der Waals surface area contributed by atoms with Gasteiger partial charge in [0.25, 0.3) is 0 Å². The summed E-state index contributed by atoms with van der Waals surface area (Å²) >= 11 is 6.36. The molecule has 1 aromatic rings. The molecule has 4 nitrogen and oxygen atoms in total. The molecule has 1 aromatic heterocycles. The zero-order valence-corrected chi connectivity index (χ0v) is 13.5. The van der Waals surface area contributed by atoms with E-state index in [9.17, 15) is 0 Å². The lowest BCUT2D eigenvalue weighted by Crippen LogP contribution is -2.37. The fourth-order valence-corrected chi connectivity index (χ4v) is 3.67. The molecule has 114 valence electrons. The molecule has 0 radical (unpaired) electrons. The van der Waals surface area contributed by atoms with Gasteiger partial charge in [0.15, 0.2) is 0 Å². The largest absolute Gasteiger partial charge is 0.271 e. The van der Waals surface area contributed by atoms with Crippen molar-refractivity contribution in [1.82, 2.24) is 15.2 Å². The van der Waals surface area contributed by atoms with Crippen molar-refractivity contribution in [2.45, 2.75) is 65.0 Å². The summed E-state index contributed by atoms with van der Waals surface area (Å²) in [7, 11) is 0. The van der Waals surface area contributed by atoms with Crippen LogP contribution < -0.4 is 11.3 Å². The molecule has 0 aliphatic heterocycles. The Morgan fingerprint density at radius 1 is 1.40 bits per heavy atom. The van der Waals surface area contributed by atoms with E-state index in [0.29, 0.717) is 12.0 Å². The van der Waals surface area contributed by atoms with Crippen LogP contribution in [0.1, 0.15) is 70.7 Å². The number of hydrogen-bond donors (Lipinski definition) is 2. The Morgan fingerprint density at radius 3 is 2.55 bits per heavy atom. The molecule has 5 heteroatoms. The second kappa shape index (κ2) is 6.92. The van der Waals surface area contributed by atoms with Gasteiger partial charge in [0, 0.05) is 6.04 Å². The van der Waals surface area contributed by atoms with Crippen molar-refractivity contribution in [3.05, 3.63) is 16.9 Å². The summed E-state index contributed by atoms with van der Waals surface area (Å²) in [6.45, 7) is 6.52. The number of nitrogens with two attached hydrogens (primary N) is 1. The number of halogens is 1. The summed E-state index contributed by atoms with van der Waals surface area (Å²) in [6.07, 6.45) is 8.05. The number of hydrogen-bond acceptors (Lipinski definition) is 3. The number of nitrogens with one attached hydrogen (secondary N) is 1. The number of rotatable bonds is 5. The molecule has 1 saturated carbocycles. The summed E-state index contributed by atoms with van der Waals surface area (Å²) in [4.78, 5) is 0. The van der Waals surface area contributed by atoms with Crippen LogP contribution in [-0.4, -0.2) is 9.78 Å². The van der Waals surface area contributed by atoms with Gasteiger partial charge in [0.05, 0.1) is 23.0 Å². The summed E-state index contributed by atoms with van der Waals surface area (Å²) in [6, 6.07) is 0.394. The van der Waals surface area contributed by atoms with Crippen molar-refractivity contribution in [3.63, 3.8) is 0 Å². The van der Waals surface area contributed by atoms with E-state index in [0.717, 1.165) is 16.6 Å². The first-order chi connectivity index (χ1) is 9.58. The minimum absolute atomic E-state index is 0.102. The molecule has 20 heavy (non-hydrogen) atoms. The average Bonchev–Trinajstić information content (AvgIpc) is 2.83. The highest BCUT2D eigenvalue weighted by molar-refractivity contribution is 6.31. The highest BCUT2D eigenvalue weighted by atomic mass is 35.5. The van der Waals surface area contributed by atoms with Crippen molar-refractivity contribution in [3.8, 4) is 0 Å². The highest BCUT2D eigenvalue weighted by Crippen LogP contribution is 2.39. The van der Waals surface area contributed by atoms with Crippen molar-refractivity contribution >= 4 is 11.6 Å². The Kier molecular flexibility index (Phi) is 5.47. The van der Waals surface area contributed by atoms with E-state index in [-0.39, 0.29) is 6.04 Å². The van der Waals surface area contributed by atoms with Gasteiger partial charge in [-0.05, 0) is 38.5 Å². The monoisotopic (exact) mass is 298 g/mol. The molecule has 1 aliphatic rings. The lowest BCUT2D eigenvalue weighted by atomic mass is 9.77. The molecule has 1 aliphatic carbocycles. The predicted octanol–water partition coefficient (Wildman–Crippen LogP) is 3.84. The van der Waals surface area contributed by atoms with E-state index in [1.807, 2.05) is 4.68 Å². The molecule has 3 N–H and O–H groups in total. The highest BCUT2D eigenvalue weighted by Gasteiger charge is 2.31. The first kappa shape index (κ1) is 15.8. The van der Waals surface area contributed by atoms with Crippen molar-refractivity contribution in [1.29, 1.82) is 0 Å². The molecule has 0 bridgehead atoms. The second-order valence-corrected chi connectivity index (χ2v) is 6.66. The van der Waals surface area contributed by atoms with E-state index >= 15 is 0 Å². The predicted molar refractivity (Wildman–Crippen MR) is 83.4 cm³/mol. The van der Waals surface area contributed by atoms with Gasteiger partial charge in [-0.1, -0.05) is 37.8 Å². The normalized spacial score (nSPS) is 25.1. The second-order valence-electron chi connectivity index (χ2n) is 6.25. The maximum atomic E-state index is 6.36. The van der Waals surface area contributed by atoms with E-state index in [1.165, 1.54) is 32.1 Å². The first-order valence-corrected chi connectivity index (χ1v) is 8.15. The van der Waals surface area contributed by atoms with Crippen LogP contribution in [-0.2, 0) is 0 Å². The van der Waals surface area contributed by atoms with Gasteiger partial charge in [-0.3, -0.25) is 16.0 Å². The molecule has 1 heterocycles. The quantitative estimate of drug-likeness (QED) is 0.641. The summed E-state index contributed by atoms with van der Waals surface area (Å²) < 4.78 is 2.00. The third-order valence-corrected chi connectivity index (χ3v) is 4.98. The first-order valence-electron chi connectivity index (χ1n) is 7.77. The smallest absolute Gasteiger partial charge is 0.0834 e. The van der Waals surface area contributed by atoms with Crippen LogP contribution in [0.25, 0.3) is 0 Å². The van der Waals surface area contributed by atoms with E-state index < -0.39 is 0 Å². The van der Waals surface area contributed by atoms with Crippen LogP contribution >= 0.6 is 11.6 Å². The Balaban J connectivity index is 2.18. The Labute approximate surface area is 127 Å². The van der Waals surface area contributed by atoms with Crippen LogP contribution in [0, 0.1) is 11.8 Å². The van der Waals surface area contributed by atoms with Crippen molar-refractivity contribution in [2.24, 2.45) is 17.7 Å². The van der Waals surface area contributed by atoms with Gasteiger partial charge in [-0.15, -0.1) is 0 Å². The standard InChI is InChI=1S/C15H27ClN4/c1-4-11-5-7-12(8-6-11)14(19-17)15-13(16)9-18-20(15)10(2)3/h9-12,14,19H,4-8,17H2,1-3H3. The molecule has 2 rings (SSSR count). The lowest BCUT2D eigenvalue weighted by Gasteiger charge is -2.34. The fraction of sp³-hybridized carbons (Fsp3) is 0.800. The zero-order valence-electron chi connectivity index (χ0n) is 12.8. The molecule has 0 saturated heterocycles. The van der Waals surface area contributed by atoms with Crippen LogP contribution in [0.2, 0.25) is 5.02 Å². The van der Waals surface area contributed by atoms with Gasteiger partial charge in [0.2, 0.25) is 0 Å². The fourth-order valence-electron chi connectivity index (χ4n) is 3.42. The molecule has 1 unspecified atom stereocenters. The van der Waals surface area contributed by atoms with Crippen LogP contribution in [0.3, 0.4) is 0 Å². The van der Waals surface area contributed by atoms with Gasteiger partial charge < -0.3 is 0 Å². The molecule has 1 fully saturated rings. The van der Waals surface area contributed by atoms with Crippen LogP contribution in [0.15, 0.2) is 6.20 Å². The van der Waals surface area contributed by atoms with E-state index in [4.69, 9.17) is 17.4 Å². The van der Waals surface area contributed by atoms with E-state index in [2.05, 4.69) is 31.3 Å². The Hall–Kier alpha value is -0.580. The van der Waals surface area contributed by atoms with Gasteiger partial charge in [-0.25, -0.2) is 0 Å². The van der Waals surface area contributed by atoms with Crippen LogP contribution in [0.5, 0.6) is 0 Å². The summed E-state index contributed by atoms with van der Waals surface area (Å²) in [5.74, 6) is 7.29. The third kappa shape index (κ3) is 3.18. The van der Waals surface area contributed by atoms with Crippen LogP contribution in [0.4, 0.5) is 0 Å². The van der Waals surface area contributed by atoms with Crippen molar-refractivity contribution in [2.75, 3.05) is 0 Å². The van der Waals surface area contributed by atoms with Crippen molar-refractivity contribution < 1.29 is 0 Å². The third-order valence-electron chi connectivity index (χ3n) is 4.69. The number of aromatic nitrogens is 2. The lowest BCUT2D eigenvalue weighted by molar-refractivity contribution is 0.212. The van der Waals surface area contributed by atoms with Gasteiger partial charge in [0.1, 0.15) is 0 Å². The van der Waals surface area contributed by atoms with E-state index in [1.54, 1.807) is 6.20 Å². The Bertz CT molecular complexity index is 422. The zero-order chi connectivity index (χ0) is 14.7. The van der Waals surface area contributed by atoms with Gasteiger partial charge in [-0.2, -0.15) is 5.10 Å². The minimum atomic E-state index is 0.102. The molecule has 0 spiro atoms. The SMILES string of the molecule is CCC1CCC(C(NN)c2c(Cl)cnn2C(C)C)CC1. The minimum Gasteiger partial charge on any atom is -0.271 e. The number of nitrogens with zero attached hydrogens (tertiary/aromatic N) is 2. The Morgan fingerprint density at radius 2 is 2.05 bits per heavy atom. The van der Waals surface area contributed by atoms with Gasteiger partial charge >= 0.3 is 0 Å². The number of hydrazine groups is 1. The molecular formula is C15H27ClN4. The maximum Gasteiger partial charge on any atom is 0.0834 e. The molecule has 0 aromatic carbocycles. The molecule has 0 amide bonds. The molecular weight excluding hydrogens is 272 g/mol. The molecule has 1 atom stereocenters. The summed E-state index contributed by atoms with van der Waals surface area (Å²) in [5.41, 5.74) is 4.04. The maximum absolute atomic E-state index is 6.36. The average molecular weight is 299 g/mol.